The van der Waals surface area contributed by atoms with Crippen LogP contribution in [0.5, 0.6) is 0 Å². The molecule has 0 spiro atoms. The summed E-state index contributed by atoms with van der Waals surface area (Å²) >= 11 is 0. The Balaban J connectivity index is 0.000000329. The lowest BCUT2D eigenvalue weighted by Gasteiger charge is -2.29. The van der Waals surface area contributed by atoms with Gasteiger partial charge in [0.2, 0.25) is 0 Å². The Labute approximate surface area is 215 Å². The molecule has 1 aliphatic carbocycles. The largest absolute Gasteiger partial charge is 0.256 e. The van der Waals surface area contributed by atoms with Crippen molar-refractivity contribution in [2.24, 2.45) is 5.92 Å². The summed E-state index contributed by atoms with van der Waals surface area (Å²) in [5.41, 5.74) is 10.2. The number of pyridine rings is 1. The van der Waals surface area contributed by atoms with Crippen molar-refractivity contribution in [3.63, 3.8) is 0 Å². The number of hydrogen-bond acceptors (Lipinski definition) is 1. The molecule has 0 bridgehead atoms. The van der Waals surface area contributed by atoms with E-state index in [1.807, 2.05) is 26.1 Å². The van der Waals surface area contributed by atoms with Crippen LogP contribution < -0.4 is 0 Å². The average molecular weight is 468 g/mol. The first-order valence-electron chi connectivity index (χ1n) is 13.2. The maximum atomic E-state index is 4.52. The predicted octanol–water partition coefficient (Wildman–Crippen LogP) is 10.3. The third-order valence-corrected chi connectivity index (χ3v) is 6.85. The van der Waals surface area contributed by atoms with Crippen LogP contribution >= 0.6 is 0 Å². The van der Waals surface area contributed by atoms with E-state index >= 15 is 0 Å². The molecule has 1 aliphatic rings. The molecule has 3 aromatic rings. The van der Waals surface area contributed by atoms with E-state index in [-0.39, 0.29) is 0 Å². The number of aryl methyl sites for hydroxylation is 3. The number of nitrogens with zero attached hydrogens (tertiary/aromatic N) is 1. The van der Waals surface area contributed by atoms with Gasteiger partial charge in [0.15, 0.2) is 0 Å². The number of rotatable bonds is 5. The molecule has 1 saturated carbocycles. The molecule has 1 heteroatoms. The van der Waals surface area contributed by atoms with Crippen LogP contribution in [0.3, 0.4) is 0 Å². The van der Waals surface area contributed by atoms with Gasteiger partial charge in [-0.3, -0.25) is 4.98 Å². The third-order valence-electron chi connectivity index (χ3n) is 6.85. The van der Waals surface area contributed by atoms with E-state index in [9.17, 15) is 0 Å². The van der Waals surface area contributed by atoms with Crippen LogP contribution in [0.1, 0.15) is 86.6 Å². The maximum absolute atomic E-state index is 4.52. The van der Waals surface area contributed by atoms with E-state index in [2.05, 4.69) is 100 Å². The summed E-state index contributed by atoms with van der Waals surface area (Å²) in [5, 5.41) is 0. The zero-order chi connectivity index (χ0) is 25.8. The minimum atomic E-state index is 0.719. The molecule has 1 nitrogen and oxygen atoms in total. The first-order chi connectivity index (χ1) is 16.9. The average Bonchev–Trinajstić information content (AvgIpc) is 2.88. The van der Waals surface area contributed by atoms with Crippen molar-refractivity contribution in [1.29, 1.82) is 0 Å². The second-order valence-corrected chi connectivity index (χ2v) is 9.77. The second-order valence-electron chi connectivity index (χ2n) is 9.77. The van der Waals surface area contributed by atoms with Crippen LogP contribution in [0.4, 0.5) is 0 Å². The first kappa shape index (κ1) is 28.3. The van der Waals surface area contributed by atoms with Crippen LogP contribution in [0.25, 0.3) is 17.3 Å². The van der Waals surface area contributed by atoms with Gasteiger partial charge >= 0.3 is 0 Å². The van der Waals surface area contributed by atoms with E-state index in [1.165, 1.54) is 65.5 Å². The Morgan fingerprint density at radius 2 is 1.54 bits per heavy atom. The van der Waals surface area contributed by atoms with Crippen LogP contribution in [-0.4, -0.2) is 4.98 Å². The van der Waals surface area contributed by atoms with Crippen molar-refractivity contribution in [2.75, 3.05) is 0 Å². The maximum Gasteiger partial charge on any atom is 0.0702 e. The monoisotopic (exact) mass is 467 g/mol. The molecule has 0 amide bonds. The lowest BCUT2D eigenvalue weighted by atomic mass is 9.77. The molecule has 1 fully saturated rings. The van der Waals surface area contributed by atoms with E-state index in [0.717, 1.165) is 23.1 Å². The summed E-state index contributed by atoms with van der Waals surface area (Å²) in [6.45, 7) is 20.4. The molecular formula is C34H45N. The van der Waals surface area contributed by atoms with Gasteiger partial charge in [0.05, 0.1) is 5.69 Å². The van der Waals surface area contributed by atoms with Crippen molar-refractivity contribution in [2.45, 2.75) is 79.6 Å². The Hall–Kier alpha value is -2.93. The van der Waals surface area contributed by atoms with Gasteiger partial charge in [-0.15, -0.1) is 6.58 Å². The Bertz CT molecular complexity index is 1050. The fourth-order valence-electron chi connectivity index (χ4n) is 4.71. The molecule has 0 saturated heterocycles. The van der Waals surface area contributed by atoms with Crippen molar-refractivity contribution in [3.05, 3.63) is 107 Å². The second kappa shape index (κ2) is 14.5. The SMILES string of the molecule is C=Cc1ccc(-c2ccc(C3CCC(CC(=C)C)CC3)cc2)nc1.CC.Cc1ccc(C)c(C)c1. The molecule has 0 unspecified atom stereocenters. The van der Waals surface area contributed by atoms with Crippen LogP contribution in [0.15, 0.2) is 79.5 Å². The highest BCUT2D eigenvalue weighted by atomic mass is 14.7. The standard InChI is InChI=1S/C23H27N.C9H12.C2H6/c1-4-18-7-14-23(24-16-18)22-12-10-21(11-13-22)20-8-5-19(6-9-20)15-17(2)3;1-7-4-5-8(2)9(3)6-7;1-2/h4,7,10-14,16,19-20H,1-2,5-6,8-9,15H2,3H3;4-6H,1-3H3;1-2H3. The van der Waals surface area contributed by atoms with Gasteiger partial charge in [-0.25, -0.2) is 0 Å². The zero-order valence-corrected chi connectivity index (χ0v) is 22.9. The molecule has 0 radical (unpaired) electrons. The van der Waals surface area contributed by atoms with Gasteiger partial charge in [0.25, 0.3) is 0 Å². The summed E-state index contributed by atoms with van der Waals surface area (Å²) in [5.74, 6) is 1.57. The van der Waals surface area contributed by atoms with Gasteiger partial charge in [-0.05, 0) is 100.0 Å². The molecule has 2 aromatic carbocycles. The van der Waals surface area contributed by atoms with Crippen molar-refractivity contribution in [1.82, 2.24) is 4.98 Å². The lowest BCUT2D eigenvalue weighted by Crippen LogP contribution is -2.13. The minimum absolute atomic E-state index is 0.719. The van der Waals surface area contributed by atoms with E-state index in [1.54, 1.807) is 0 Å². The van der Waals surface area contributed by atoms with E-state index < -0.39 is 0 Å². The molecule has 1 heterocycles. The van der Waals surface area contributed by atoms with Crippen LogP contribution in [0.2, 0.25) is 0 Å². The van der Waals surface area contributed by atoms with E-state index in [0.29, 0.717) is 0 Å². The highest BCUT2D eigenvalue weighted by molar-refractivity contribution is 5.61. The molecule has 1 aromatic heterocycles. The summed E-state index contributed by atoms with van der Waals surface area (Å²) < 4.78 is 0. The summed E-state index contributed by atoms with van der Waals surface area (Å²) in [6.07, 6.45) is 10.2. The summed E-state index contributed by atoms with van der Waals surface area (Å²) in [6, 6.07) is 19.6. The summed E-state index contributed by atoms with van der Waals surface area (Å²) in [4.78, 5) is 4.52. The number of allylic oxidation sites excluding steroid dienone is 1. The molecule has 0 N–H and O–H groups in total. The Kier molecular flexibility index (Phi) is 11.7. The summed E-state index contributed by atoms with van der Waals surface area (Å²) in [7, 11) is 0. The molecular weight excluding hydrogens is 422 g/mol. The zero-order valence-electron chi connectivity index (χ0n) is 22.9. The number of aromatic nitrogens is 1. The smallest absolute Gasteiger partial charge is 0.0702 e. The normalized spacial score (nSPS) is 16.7. The van der Waals surface area contributed by atoms with Gasteiger partial charge in [-0.1, -0.05) is 86.2 Å². The van der Waals surface area contributed by atoms with Gasteiger partial charge < -0.3 is 0 Å². The fourth-order valence-corrected chi connectivity index (χ4v) is 4.71. The highest BCUT2D eigenvalue weighted by Gasteiger charge is 2.22. The highest BCUT2D eigenvalue weighted by Crippen LogP contribution is 2.38. The van der Waals surface area contributed by atoms with Gasteiger partial charge in [0.1, 0.15) is 0 Å². The van der Waals surface area contributed by atoms with Gasteiger partial charge in [-0.2, -0.15) is 0 Å². The molecule has 35 heavy (non-hydrogen) atoms. The lowest BCUT2D eigenvalue weighted by molar-refractivity contribution is 0.324. The molecule has 4 rings (SSSR count). The topological polar surface area (TPSA) is 12.9 Å². The first-order valence-corrected chi connectivity index (χ1v) is 13.2. The number of benzene rings is 2. The third kappa shape index (κ3) is 8.98. The van der Waals surface area contributed by atoms with E-state index in [4.69, 9.17) is 0 Å². The number of hydrogen-bond donors (Lipinski definition) is 0. The predicted molar refractivity (Wildman–Crippen MR) is 156 cm³/mol. The Morgan fingerprint density at radius 3 is 2.03 bits per heavy atom. The van der Waals surface area contributed by atoms with Crippen molar-refractivity contribution >= 4 is 6.08 Å². The van der Waals surface area contributed by atoms with Crippen LogP contribution in [-0.2, 0) is 0 Å². The molecule has 0 aliphatic heterocycles. The molecule has 0 atom stereocenters. The molecule has 186 valence electrons. The fraction of sp³-hybridized carbons (Fsp3) is 0.382. The minimum Gasteiger partial charge on any atom is -0.256 e. The van der Waals surface area contributed by atoms with Crippen molar-refractivity contribution < 1.29 is 0 Å². The Morgan fingerprint density at radius 1 is 0.886 bits per heavy atom. The quantitative estimate of drug-likeness (QED) is 0.340. The van der Waals surface area contributed by atoms with Gasteiger partial charge in [0, 0.05) is 11.8 Å². The van der Waals surface area contributed by atoms with Crippen LogP contribution in [0, 0.1) is 26.7 Å². The van der Waals surface area contributed by atoms with Crippen molar-refractivity contribution in [3.8, 4) is 11.3 Å².